The zero-order valence-electron chi connectivity index (χ0n) is 16.4. The third-order valence-corrected chi connectivity index (χ3v) is 6.47. The maximum atomic E-state index is 13.1. The molecule has 4 rings (SSSR count). The van der Waals surface area contributed by atoms with E-state index in [-0.39, 0.29) is 48.5 Å². The number of carbonyl (C=O) groups is 2. The number of nitrogens with two attached hydrogens (primary N) is 1. The highest BCUT2D eigenvalue weighted by atomic mass is 35.5. The number of hydrogen-bond donors (Lipinski definition) is 1. The molecule has 0 saturated carbocycles. The van der Waals surface area contributed by atoms with Crippen molar-refractivity contribution in [1.82, 2.24) is 4.90 Å². The van der Waals surface area contributed by atoms with Gasteiger partial charge in [0.05, 0.1) is 5.92 Å². The molecule has 2 aromatic rings. The summed E-state index contributed by atoms with van der Waals surface area (Å²) in [6.45, 7) is 1.61. The van der Waals surface area contributed by atoms with Crippen LogP contribution in [0.2, 0.25) is 0 Å². The Kier molecular flexibility index (Phi) is 6.88. The van der Waals surface area contributed by atoms with Gasteiger partial charge in [0.15, 0.2) is 0 Å². The first-order valence-corrected chi connectivity index (χ1v) is 10.8. The van der Waals surface area contributed by atoms with Gasteiger partial charge >= 0.3 is 0 Å². The van der Waals surface area contributed by atoms with Crippen LogP contribution in [0.3, 0.4) is 0 Å². The Balaban J connectivity index is 0.00000240. The van der Waals surface area contributed by atoms with E-state index in [1.54, 1.807) is 16.7 Å². The average Bonchev–Trinajstić information content (AvgIpc) is 3.31. The van der Waals surface area contributed by atoms with Gasteiger partial charge in [-0.3, -0.25) is 9.59 Å². The Morgan fingerprint density at radius 3 is 2.55 bits per heavy atom. The first-order valence-electron chi connectivity index (χ1n) is 9.60. The number of anilines is 1. The highest BCUT2D eigenvalue weighted by molar-refractivity contribution is 7.98. The van der Waals surface area contributed by atoms with E-state index in [0.29, 0.717) is 19.6 Å². The lowest BCUT2D eigenvalue weighted by Gasteiger charge is -2.21. The van der Waals surface area contributed by atoms with E-state index in [2.05, 4.69) is 12.1 Å². The van der Waals surface area contributed by atoms with Gasteiger partial charge in [0, 0.05) is 48.6 Å². The summed E-state index contributed by atoms with van der Waals surface area (Å²) in [6.07, 6.45) is 2.28. The van der Waals surface area contributed by atoms with Gasteiger partial charge in [0.1, 0.15) is 0 Å². The second-order valence-corrected chi connectivity index (χ2v) is 8.41. The normalized spacial score (nSPS) is 23.9. The third-order valence-electron chi connectivity index (χ3n) is 5.74. The Morgan fingerprint density at radius 1 is 1.07 bits per heavy atom. The monoisotopic (exact) mass is 431 g/mol. The quantitative estimate of drug-likeness (QED) is 0.755. The molecule has 0 bridgehead atoms. The predicted molar refractivity (Wildman–Crippen MR) is 120 cm³/mol. The number of rotatable bonds is 4. The molecule has 2 fully saturated rings. The molecular weight excluding hydrogens is 406 g/mol. The van der Waals surface area contributed by atoms with E-state index in [0.717, 1.165) is 10.6 Å². The van der Waals surface area contributed by atoms with Gasteiger partial charge in [-0.1, -0.05) is 36.4 Å². The molecule has 2 saturated heterocycles. The zero-order valence-corrected chi connectivity index (χ0v) is 18.0. The molecule has 2 amide bonds. The fourth-order valence-corrected chi connectivity index (χ4v) is 4.67. The van der Waals surface area contributed by atoms with Crippen LogP contribution in [0.15, 0.2) is 59.5 Å². The van der Waals surface area contributed by atoms with E-state index in [1.165, 1.54) is 5.56 Å². The largest absolute Gasteiger partial charge is 0.340 e. The minimum absolute atomic E-state index is 0. The Labute approximate surface area is 182 Å². The van der Waals surface area contributed by atoms with Crippen molar-refractivity contribution in [3.63, 3.8) is 0 Å². The number of amides is 2. The summed E-state index contributed by atoms with van der Waals surface area (Å²) in [6, 6.07) is 18.0. The topological polar surface area (TPSA) is 66.6 Å². The maximum Gasteiger partial charge on any atom is 0.228 e. The van der Waals surface area contributed by atoms with E-state index < -0.39 is 0 Å². The number of nitrogens with zero attached hydrogens (tertiary/aromatic N) is 2. The highest BCUT2D eigenvalue weighted by Gasteiger charge is 2.41. The third kappa shape index (κ3) is 4.44. The molecule has 154 valence electrons. The first-order chi connectivity index (χ1) is 13.6. The van der Waals surface area contributed by atoms with Gasteiger partial charge in [0.2, 0.25) is 11.8 Å². The first kappa shape index (κ1) is 21.7. The lowest BCUT2D eigenvalue weighted by Crippen LogP contribution is -2.37. The van der Waals surface area contributed by atoms with Crippen molar-refractivity contribution in [1.29, 1.82) is 0 Å². The summed E-state index contributed by atoms with van der Waals surface area (Å²) < 4.78 is 0. The summed E-state index contributed by atoms with van der Waals surface area (Å²) in [4.78, 5) is 30.4. The molecule has 0 radical (unpaired) electrons. The van der Waals surface area contributed by atoms with Crippen LogP contribution in [-0.4, -0.2) is 48.6 Å². The van der Waals surface area contributed by atoms with E-state index in [1.807, 2.05) is 53.6 Å². The van der Waals surface area contributed by atoms with Gasteiger partial charge in [-0.05, 0) is 30.0 Å². The van der Waals surface area contributed by atoms with Crippen LogP contribution in [0.5, 0.6) is 0 Å². The van der Waals surface area contributed by atoms with Gasteiger partial charge < -0.3 is 15.5 Å². The predicted octanol–water partition coefficient (Wildman–Crippen LogP) is 3.14. The number of carbonyl (C=O) groups excluding carboxylic acids is 2. The number of benzene rings is 2. The van der Waals surface area contributed by atoms with Crippen LogP contribution < -0.4 is 10.6 Å². The molecule has 2 aromatic carbocycles. The van der Waals surface area contributed by atoms with Gasteiger partial charge in [-0.25, -0.2) is 0 Å². The number of likely N-dealkylation sites (tertiary alicyclic amines) is 1. The van der Waals surface area contributed by atoms with Crippen molar-refractivity contribution in [3.8, 4) is 0 Å². The van der Waals surface area contributed by atoms with Crippen LogP contribution in [0.4, 0.5) is 5.69 Å². The molecule has 3 atom stereocenters. The van der Waals surface area contributed by atoms with Crippen LogP contribution in [0.1, 0.15) is 17.9 Å². The lowest BCUT2D eigenvalue weighted by atomic mass is 9.95. The van der Waals surface area contributed by atoms with Crippen molar-refractivity contribution in [3.05, 3.63) is 60.2 Å². The van der Waals surface area contributed by atoms with Crippen molar-refractivity contribution < 1.29 is 9.59 Å². The van der Waals surface area contributed by atoms with Gasteiger partial charge in [0.25, 0.3) is 0 Å². The second kappa shape index (κ2) is 9.20. The minimum atomic E-state index is -0.299. The molecule has 5 nitrogen and oxygen atoms in total. The van der Waals surface area contributed by atoms with E-state index >= 15 is 0 Å². The molecule has 7 heteroatoms. The van der Waals surface area contributed by atoms with Gasteiger partial charge in [-0.15, -0.1) is 24.2 Å². The molecule has 2 heterocycles. The molecule has 0 aromatic heterocycles. The fraction of sp³-hybridized carbons (Fsp3) is 0.364. The summed E-state index contributed by atoms with van der Waals surface area (Å²) >= 11 is 1.64. The Hall–Kier alpha value is -2.02. The molecular formula is C22H26ClN3O2S. The molecule has 2 aliphatic rings. The molecule has 2 N–H and O–H groups in total. The summed E-state index contributed by atoms with van der Waals surface area (Å²) in [7, 11) is 0. The number of hydrogen-bond acceptors (Lipinski definition) is 4. The second-order valence-electron chi connectivity index (χ2n) is 7.53. The molecule has 2 aliphatic heterocycles. The standard InChI is InChI=1S/C22H25N3O2S.ClH/c1-28-18-9-5-8-17(11-18)25-12-16(10-21(25)26)22(27)24-13-19(20(23)14-24)15-6-3-2-4-7-15;/h2-9,11,16,19-20H,10,12-14,23H2,1H3;1H/t16?,19-,20+;/m0./s1. The van der Waals surface area contributed by atoms with E-state index in [9.17, 15) is 9.59 Å². The molecule has 29 heavy (non-hydrogen) atoms. The van der Waals surface area contributed by atoms with E-state index in [4.69, 9.17) is 5.73 Å². The lowest BCUT2D eigenvalue weighted by molar-refractivity contribution is -0.134. The van der Waals surface area contributed by atoms with Crippen molar-refractivity contribution in [2.24, 2.45) is 11.7 Å². The smallest absolute Gasteiger partial charge is 0.228 e. The molecule has 1 unspecified atom stereocenters. The summed E-state index contributed by atoms with van der Waals surface area (Å²) in [5, 5.41) is 0. The number of halogens is 1. The maximum absolute atomic E-state index is 13.1. The molecule has 0 aliphatic carbocycles. The van der Waals surface area contributed by atoms with Crippen LogP contribution in [0, 0.1) is 5.92 Å². The van der Waals surface area contributed by atoms with Crippen LogP contribution >= 0.6 is 24.2 Å². The molecule has 0 spiro atoms. The minimum Gasteiger partial charge on any atom is -0.340 e. The SMILES string of the molecule is CSc1cccc(N2CC(C(=O)N3C[C@@H](N)[C@H](c4ccccc4)C3)CC2=O)c1.Cl. The average molecular weight is 432 g/mol. The van der Waals surface area contributed by atoms with Crippen molar-refractivity contribution >= 4 is 41.7 Å². The van der Waals surface area contributed by atoms with Crippen LogP contribution in [-0.2, 0) is 9.59 Å². The Bertz CT molecular complexity index is 879. The fourth-order valence-electron chi connectivity index (χ4n) is 4.22. The zero-order chi connectivity index (χ0) is 19.7. The van der Waals surface area contributed by atoms with Crippen LogP contribution in [0.25, 0.3) is 0 Å². The summed E-state index contributed by atoms with van der Waals surface area (Å²) in [5.74, 6) is -0.0887. The van der Waals surface area contributed by atoms with Crippen molar-refractivity contribution in [2.75, 3.05) is 30.8 Å². The highest BCUT2D eigenvalue weighted by Crippen LogP contribution is 2.32. The van der Waals surface area contributed by atoms with Crippen molar-refractivity contribution in [2.45, 2.75) is 23.3 Å². The number of thioether (sulfide) groups is 1. The van der Waals surface area contributed by atoms with Gasteiger partial charge in [-0.2, -0.15) is 0 Å². The summed E-state index contributed by atoms with van der Waals surface area (Å²) in [5.41, 5.74) is 8.38. The Morgan fingerprint density at radius 2 is 1.83 bits per heavy atom.